The highest BCUT2D eigenvalue weighted by molar-refractivity contribution is 5.95. The van der Waals surface area contributed by atoms with Crippen molar-refractivity contribution in [1.82, 2.24) is 19.9 Å². The molecule has 1 fully saturated rings. The van der Waals surface area contributed by atoms with Crippen LogP contribution in [0.25, 0.3) is 11.3 Å². The SMILES string of the molecule is Cc1cc(C(=O)N2CCOCC2)ccc1Nc1nccc(-c2cnc3c(c2)C(C)(C)CN3)n1. The van der Waals surface area contributed by atoms with Crippen LogP contribution in [-0.4, -0.2) is 58.6 Å². The second-order valence-corrected chi connectivity index (χ2v) is 9.18. The zero-order chi connectivity index (χ0) is 23.0. The number of benzene rings is 1. The maximum atomic E-state index is 12.8. The van der Waals surface area contributed by atoms with E-state index in [-0.39, 0.29) is 11.3 Å². The number of fused-ring (bicyclic) bond motifs is 1. The van der Waals surface area contributed by atoms with Gasteiger partial charge in [0.1, 0.15) is 5.82 Å². The molecule has 8 heteroatoms. The molecule has 0 saturated carbocycles. The molecule has 4 heterocycles. The number of aromatic nitrogens is 3. The van der Waals surface area contributed by atoms with E-state index in [9.17, 15) is 4.79 Å². The Labute approximate surface area is 193 Å². The summed E-state index contributed by atoms with van der Waals surface area (Å²) >= 11 is 0. The molecule has 2 aliphatic heterocycles. The molecular weight excluding hydrogens is 416 g/mol. The summed E-state index contributed by atoms with van der Waals surface area (Å²) in [4.78, 5) is 28.3. The Bertz CT molecular complexity index is 1200. The van der Waals surface area contributed by atoms with Gasteiger partial charge in [-0.1, -0.05) is 13.8 Å². The summed E-state index contributed by atoms with van der Waals surface area (Å²) in [6.45, 7) is 9.70. The number of ether oxygens (including phenoxy) is 1. The second-order valence-electron chi connectivity index (χ2n) is 9.18. The first-order valence-corrected chi connectivity index (χ1v) is 11.2. The van der Waals surface area contributed by atoms with Gasteiger partial charge >= 0.3 is 0 Å². The van der Waals surface area contributed by atoms with Crippen LogP contribution in [0.5, 0.6) is 0 Å². The van der Waals surface area contributed by atoms with Crippen molar-refractivity contribution in [1.29, 1.82) is 0 Å². The molecule has 1 aromatic carbocycles. The lowest BCUT2D eigenvalue weighted by Gasteiger charge is -2.27. The molecule has 170 valence electrons. The first-order chi connectivity index (χ1) is 15.9. The number of rotatable bonds is 4. The Hall–Kier alpha value is -3.52. The van der Waals surface area contributed by atoms with E-state index in [1.54, 1.807) is 6.20 Å². The molecule has 0 atom stereocenters. The van der Waals surface area contributed by atoms with Gasteiger partial charge in [-0.25, -0.2) is 15.0 Å². The molecule has 1 saturated heterocycles. The molecule has 0 bridgehead atoms. The topological polar surface area (TPSA) is 92.3 Å². The maximum Gasteiger partial charge on any atom is 0.254 e. The van der Waals surface area contributed by atoms with Gasteiger partial charge in [-0.3, -0.25) is 4.79 Å². The summed E-state index contributed by atoms with van der Waals surface area (Å²) in [7, 11) is 0. The van der Waals surface area contributed by atoms with Gasteiger partial charge in [0.15, 0.2) is 0 Å². The molecule has 3 aromatic rings. The standard InChI is InChI=1S/C25H28N6O2/c1-16-12-17(23(32)31-8-10-33-11-9-31)4-5-20(16)29-24-26-7-6-21(30-24)18-13-19-22(27-14-18)28-15-25(19,2)3/h4-7,12-14H,8-11,15H2,1-3H3,(H,27,28)(H,26,29,30). The van der Waals surface area contributed by atoms with Crippen molar-refractivity contribution in [2.24, 2.45) is 0 Å². The van der Waals surface area contributed by atoms with Crippen molar-refractivity contribution in [2.75, 3.05) is 43.5 Å². The van der Waals surface area contributed by atoms with Crippen molar-refractivity contribution in [2.45, 2.75) is 26.2 Å². The van der Waals surface area contributed by atoms with Crippen LogP contribution >= 0.6 is 0 Å². The molecule has 0 radical (unpaired) electrons. The summed E-state index contributed by atoms with van der Waals surface area (Å²) in [5.41, 5.74) is 5.49. The molecule has 33 heavy (non-hydrogen) atoms. The van der Waals surface area contributed by atoms with Crippen molar-refractivity contribution in [3.63, 3.8) is 0 Å². The van der Waals surface area contributed by atoms with Crippen molar-refractivity contribution in [3.8, 4) is 11.3 Å². The smallest absolute Gasteiger partial charge is 0.254 e. The minimum absolute atomic E-state index is 0.0317. The van der Waals surface area contributed by atoms with Crippen LogP contribution in [0.1, 0.15) is 35.3 Å². The second kappa shape index (κ2) is 8.44. The number of hydrogen-bond acceptors (Lipinski definition) is 7. The quantitative estimate of drug-likeness (QED) is 0.633. The number of morpholine rings is 1. The molecule has 2 aliphatic rings. The van der Waals surface area contributed by atoms with Gasteiger partial charge in [0.2, 0.25) is 5.95 Å². The van der Waals surface area contributed by atoms with Crippen molar-refractivity contribution >= 4 is 23.4 Å². The van der Waals surface area contributed by atoms with Gasteiger partial charge in [0, 0.05) is 59.8 Å². The molecular formula is C25H28N6O2. The maximum absolute atomic E-state index is 12.8. The lowest BCUT2D eigenvalue weighted by molar-refractivity contribution is 0.0303. The monoisotopic (exact) mass is 444 g/mol. The Morgan fingerprint density at radius 3 is 2.76 bits per heavy atom. The zero-order valence-corrected chi connectivity index (χ0v) is 19.2. The fourth-order valence-electron chi connectivity index (χ4n) is 4.25. The summed E-state index contributed by atoms with van der Waals surface area (Å²) in [5, 5.41) is 6.66. The van der Waals surface area contributed by atoms with E-state index in [2.05, 4.69) is 40.5 Å². The van der Waals surface area contributed by atoms with Crippen LogP contribution in [0.3, 0.4) is 0 Å². The van der Waals surface area contributed by atoms with E-state index in [4.69, 9.17) is 9.72 Å². The molecule has 0 aliphatic carbocycles. The van der Waals surface area contributed by atoms with Crippen LogP contribution in [0.2, 0.25) is 0 Å². The van der Waals surface area contributed by atoms with Crippen LogP contribution in [0.15, 0.2) is 42.7 Å². The molecule has 5 rings (SSSR count). The molecule has 2 aromatic heterocycles. The lowest BCUT2D eigenvalue weighted by Crippen LogP contribution is -2.40. The number of aryl methyl sites for hydroxylation is 1. The lowest BCUT2D eigenvalue weighted by atomic mass is 9.87. The summed E-state index contributed by atoms with van der Waals surface area (Å²) in [5.74, 6) is 1.48. The predicted molar refractivity (Wildman–Crippen MR) is 128 cm³/mol. The Balaban J connectivity index is 1.36. The van der Waals surface area contributed by atoms with Gasteiger partial charge in [0.25, 0.3) is 5.91 Å². The molecule has 1 amide bonds. The van der Waals surface area contributed by atoms with E-state index in [1.807, 2.05) is 42.3 Å². The average Bonchev–Trinajstić information content (AvgIpc) is 3.14. The summed E-state index contributed by atoms with van der Waals surface area (Å²) in [6.07, 6.45) is 3.59. The molecule has 0 unspecified atom stereocenters. The van der Waals surface area contributed by atoms with Gasteiger partial charge < -0.3 is 20.3 Å². The number of carbonyl (C=O) groups is 1. The summed E-state index contributed by atoms with van der Waals surface area (Å²) in [6, 6.07) is 9.71. The van der Waals surface area contributed by atoms with E-state index in [0.717, 1.165) is 34.9 Å². The highest BCUT2D eigenvalue weighted by Crippen LogP contribution is 2.36. The Kier molecular flexibility index (Phi) is 5.46. The van der Waals surface area contributed by atoms with Gasteiger partial charge in [-0.2, -0.15) is 0 Å². The van der Waals surface area contributed by atoms with E-state index in [0.29, 0.717) is 37.8 Å². The number of nitrogens with zero attached hydrogens (tertiary/aromatic N) is 4. The zero-order valence-electron chi connectivity index (χ0n) is 19.2. The van der Waals surface area contributed by atoms with Crippen LogP contribution in [0, 0.1) is 6.92 Å². The number of anilines is 3. The number of amides is 1. The fraction of sp³-hybridized carbons (Fsp3) is 0.360. The minimum Gasteiger partial charge on any atom is -0.378 e. The van der Waals surface area contributed by atoms with Gasteiger partial charge in [-0.15, -0.1) is 0 Å². The third kappa shape index (κ3) is 4.26. The molecule has 8 nitrogen and oxygen atoms in total. The highest BCUT2D eigenvalue weighted by atomic mass is 16.5. The normalized spacial score (nSPS) is 16.8. The van der Waals surface area contributed by atoms with Gasteiger partial charge in [0.05, 0.1) is 18.9 Å². The predicted octanol–water partition coefficient (Wildman–Crippen LogP) is 3.77. The van der Waals surface area contributed by atoms with E-state index >= 15 is 0 Å². The van der Waals surface area contributed by atoms with Crippen molar-refractivity contribution < 1.29 is 9.53 Å². The van der Waals surface area contributed by atoms with Crippen molar-refractivity contribution in [3.05, 3.63) is 59.4 Å². The number of hydrogen-bond donors (Lipinski definition) is 2. The molecule has 2 N–H and O–H groups in total. The number of nitrogens with one attached hydrogen (secondary N) is 2. The third-order valence-electron chi connectivity index (χ3n) is 6.28. The highest BCUT2D eigenvalue weighted by Gasteiger charge is 2.31. The summed E-state index contributed by atoms with van der Waals surface area (Å²) < 4.78 is 5.34. The van der Waals surface area contributed by atoms with Crippen LogP contribution in [-0.2, 0) is 10.2 Å². The fourth-order valence-corrected chi connectivity index (χ4v) is 4.25. The number of carbonyl (C=O) groups excluding carboxylic acids is 1. The average molecular weight is 445 g/mol. The Morgan fingerprint density at radius 1 is 1.15 bits per heavy atom. The molecule has 0 spiro atoms. The Morgan fingerprint density at radius 2 is 1.97 bits per heavy atom. The van der Waals surface area contributed by atoms with E-state index < -0.39 is 0 Å². The van der Waals surface area contributed by atoms with E-state index in [1.165, 1.54) is 5.56 Å². The minimum atomic E-state index is 0.0317. The number of pyridine rings is 1. The first-order valence-electron chi connectivity index (χ1n) is 11.2. The van der Waals surface area contributed by atoms with Gasteiger partial charge in [-0.05, 0) is 42.8 Å². The van der Waals surface area contributed by atoms with Crippen LogP contribution < -0.4 is 10.6 Å². The largest absolute Gasteiger partial charge is 0.378 e. The first kappa shape index (κ1) is 21.3. The van der Waals surface area contributed by atoms with Crippen LogP contribution in [0.4, 0.5) is 17.5 Å². The third-order valence-corrected chi connectivity index (χ3v) is 6.28.